The summed E-state index contributed by atoms with van der Waals surface area (Å²) in [5.41, 5.74) is 0. The maximum Gasteiger partial charge on any atom is 1.00 e. The Labute approximate surface area is 89.8 Å². The number of hydrogen-bond acceptors (Lipinski definition) is 3. The summed E-state index contributed by atoms with van der Waals surface area (Å²) in [6, 6.07) is 0. The van der Waals surface area contributed by atoms with Crippen molar-refractivity contribution in [3.8, 4) is 0 Å². The topological polar surface area (TPSA) is 40.1 Å². The van der Waals surface area contributed by atoms with E-state index in [-0.39, 0.29) is 51.4 Å². The van der Waals surface area contributed by atoms with Crippen LogP contribution in [0.2, 0.25) is 0 Å². The van der Waals surface area contributed by atoms with Gasteiger partial charge in [0.15, 0.2) is 0 Å². The molecule has 0 fully saturated rings. The van der Waals surface area contributed by atoms with Crippen LogP contribution in [0.3, 0.4) is 0 Å². The summed E-state index contributed by atoms with van der Waals surface area (Å²) < 4.78 is 0. The van der Waals surface area contributed by atoms with Crippen molar-refractivity contribution in [1.82, 2.24) is 0 Å². The predicted molar refractivity (Wildman–Crippen MR) is 23.1 cm³/mol. The molecule has 0 saturated heterocycles. The third kappa shape index (κ3) is 11.0. The number of carbonyl (C=O) groups is 1. The first-order valence-corrected chi connectivity index (χ1v) is 1.80. The summed E-state index contributed by atoms with van der Waals surface area (Å²) in [7, 11) is 0. The van der Waals surface area contributed by atoms with Crippen LogP contribution in [0.15, 0.2) is 11.5 Å². The molecule has 0 bridgehead atoms. The van der Waals surface area contributed by atoms with Gasteiger partial charge >= 0.3 is 51.4 Å². The number of carboxylic acids is 1. The van der Waals surface area contributed by atoms with Gasteiger partial charge in [-0.25, -0.2) is 0 Å². The van der Waals surface area contributed by atoms with E-state index in [2.05, 4.69) is 12.6 Å². The van der Waals surface area contributed by atoms with E-state index in [4.69, 9.17) is 0 Å². The molecule has 0 heterocycles. The average molecular weight is 142 g/mol. The van der Waals surface area contributed by atoms with Gasteiger partial charge in [-0.2, -0.15) is 12.6 Å². The first kappa shape index (κ1) is 11.1. The molecule has 0 rings (SSSR count). The van der Waals surface area contributed by atoms with Crippen molar-refractivity contribution in [3.05, 3.63) is 11.5 Å². The third-order valence-electron chi connectivity index (χ3n) is 0.211. The van der Waals surface area contributed by atoms with Crippen LogP contribution in [0.4, 0.5) is 0 Å². The number of carboxylic acid groups (broad SMARTS) is 1. The van der Waals surface area contributed by atoms with Gasteiger partial charge in [0.05, 0.1) is 5.97 Å². The fourth-order valence-corrected chi connectivity index (χ4v) is 0.183. The van der Waals surface area contributed by atoms with Gasteiger partial charge in [0.1, 0.15) is 0 Å². The van der Waals surface area contributed by atoms with E-state index >= 15 is 0 Å². The van der Waals surface area contributed by atoms with Gasteiger partial charge in [-0.1, -0.05) is 0 Å². The second-order valence-electron chi connectivity index (χ2n) is 0.635. The molecule has 0 N–H and O–H groups in total. The second-order valence-corrected chi connectivity index (χ2v) is 0.933. The molecule has 0 aromatic carbocycles. The molecule has 0 aromatic heterocycles. The molecule has 34 valence electrons. The summed E-state index contributed by atoms with van der Waals surface area (Å²) in [5.74, 6) is -1.22. The van der Waals surface area contributed by atoms with Crippen molar-refractivity contribution in [2.75, 3.05) is 0 Å². The van der Waals surface area contributed by atoms with Crippen molar-refractivity contribution < 1.29 is 61.3 Å². The van der Waals surface area contributed by atoms with Crippen LogP contribution in [0.25, 0.3) is 0 Å². The molecule has 0 aromatic rings. The number of aliphatic carboxylic acids is 1. The zero-order valence-electron chi connectivity index (χ0n) is 3.92. The molecule has 0 aliphatic rings. The molecule has 7 heavy (non-hydrogen) atoms. The van der Waals surface area contributed by atoms with Crippen molar-refractivity contribution >= 4 is 18.6 Å². The molecule has 0 unspecified atom stereocenters. The number of carbonyl (C=O) groups excluding carboxylic acids is 1. The molecule has 0 saturated carbocycles. The Morgan fingerprint density at radius 3 is 2.14 bits per heavy atom. The van der Waals surface area contributed by atoms with E-state index in [1.165, 1.54) is 0 Å². The Morgan fingerprint density at radius 1 is 1.71 bits per heavy atom. The van der Waals surface area contributed by atoms with E-state index in [1.54, 1.807) is 0 Å². The van der Waals surface area contributed by atoms with Crippen molar-refractivity contribution in [2.45, 2.75) is 0 Å². The standard InChI is InChI=1S/C3H4O2S.K/c4-3(5)1-2-6;/h1-2,6H,(H,4,5);/q;+1/p-1. The van der Waals surface area contributed by atoms with Crippen molar-refractivity contribution in [2.24, 2.45) is 0 Å². The Kier molecular flexibility index (Phi) is 11.4. The number of rotatable bonds is 1. The van der Waals surface area contributed by atoms with E-state index in [1.807, 2.05) is 0 Å². The Bertz CT molecular complexity index is 81.0. The summed E-state index contributed by atoms with van der Waals surface area (Å²) in [4.78, 5) is 9.35. The molecule has 4 heteroatoms. The minimum Gasteiger partial charge on any atom is -0.545 e. The van der Waals surface area contributed by atoms with Gasteiger partial charge in [-0.15, -0.1) is 0 Å². The van der Waals surface area contributed by atoms with Gasteiger partial charge in [0.2, 0.25) is 0 Å². The van der Waals surface area contributed by atoms with Crippen LogP contribution < -0.4 is 56.5 Å². The van der Waals surface area contributed by atoms with Crippen LogP contribution >= 0.6 is 12.6 Å². The molecule has 0 amide bonds. The van der Waals surface area contributed by atoms with Crippen LogP contribution in [-0.4, -0.2) is 5.97 Å². The Balaban J connectivity index is 0. The first-order valence-electron chi connectivity index (χ1n) is 1.29. The maximum atomic E-state index is 9.35. The van der Waals surface area contributed by atoms with Gasteiger partial charge in [-0.3, -0.25) is 0 Å². The van der Waals surface area contributed by atoms with E-state index < -0.39 is 5.97 Å². The molecule has 0 aliphatic heterocycles. The van der Waals surface area contributed by atoms with Gasteiger partial charge in [-0.05, 0) is 11.5 Å². The molecule has 2 nitrogen and oxygen atoms in total. The normalized spacial score (nSPS) is 8.14. The minimum absolute atomic E-state index is 0. The van der Waals surface area contributed by atoms with Crippen molar-refractivity contribution in [3.63, 3.8) is 0 Å². The van der Waals surface area contributed by atoms with Crippen LogP contribution in [0.5, 0.6) is 0 Å². The van der Waals surface area contributed by atoms with Gasteiger partial charge < -0.3 is 9.90 Å². The summed E-state index contributed by atoms with van der Waals surface area (Å²) in [6.07, 6.45) is 0.836. The molecule has 0 atom stereocenters. The maximum absolute atomic E-state index is 9.35. The second kappa shape index (κ2) is 7.20. The van der Waals surface area contributed by atoms with Crippen LogP contribution in [-0.2, 0) is 4.79 Å². The minimum atomic E-state index is -1.22. The van der Waals surface area contributed by atoms with Gasteiger partial charge in [0, 0.05) is 0 Å². The predicted octanol–water partition coefficient (Wildman–Crippen LogP) is -3.82. The fourth-order valence-electron chi connectivity index (χ4n) is 0.0609. The van der Waals surface area contributed by atoms with Crippen LogP contribution in [0.1, 0.15) is 0 Å². The molecule has 0 radical (unpaired) electrons. The molecule has 0 spiro atoms. The fraction of sp³-hybridized carbons (Fsp3) is 0. The third-order valence-corrected chi connectivity index (χ3v) is 0.360. The molecular weight excluding hydrogens is 139 g/mol. The largest absolute Gasteiger partial charge is 1.00 e. The summed E-state index contributed by atoms with van der Waals surface area (Å²) in [5, 5.41) is 10.5. The molecular formula is C3H3KO2S. The monoisotopic (exact) mass is 142 g/mol. The first-order chi connectivity index (χ1) is 2.77. The van der Waals surface area contributed by atoms with E-state index in [9.17, 15) is 9.90 Å². The zero-order chi connectivity index (χ0) is 4.99. The molecule has 0 aliphatic carbocycles. The summed E-state index contributed by atoms with van der Waals surface area (Å²) >= 11 is 3.46. The zero-order valence-corrected chi connectivity index (χ0v) is 7.94. The Morgan fingerprint density at radius 2 is 2.14 bits per heavy atom. The smallest absolute Gasteiger partial charge is 0.545 e. The summed E-state index contributed by atoms with van der Waals surface area (Å²) in [6.45, 7) is 0. The van der Waals surface area contributed by atoms with E-state index in [0.29, 0.717) is 0 Å². The quantitative estimate of drug-likeness (QED) is 0.232. The number of thiol groups is 1. The Hall–Kier alpha value is 1.20. The number of hydrogen-bond donors (Lipinski definition) is 1. The SMILES string of the molecule is O=C([O-])C=CS.[K+]. The van der Waals surface area contributed by atoms with Gasteiger partial charge in [0.25, 0.3) is 0 Å². The van der Waals surface area contributed by atoms with Crippen LogP contribution in [0, 0.1) is 0 Å². The van der Waals surface area contributed by atoms with Crippen molar-refractivity contribution in [1.29, 1.82) is 0 Å². The van der Waals surface area contributed by atoms with E-state index in [0.717, 1.165) is 11.5 Å². The average Bonchev–Trinajstić information content (AvgIpc) is 1.35.